The number of anilines is 1. The Morgan fingerprint density at radius 3 is 2.71 bits per heavy atom. The van der Waals surface area contributed by atoms with Crippen LogP contribution in [0.3, 0.4) is 0 Å². The van der Waals surface area contributed by atoms with Crippen LogP contribution in [0.15, 0.2) is 48.7 Å². The number of H-pyrrole nitrogens is 1. The lowest BCUT2D eigenvalue weighted by Crippen LogP contribution is -2.35. The van der Waals surface area contributed by atoms with Crippen LogP contribution in [0.4, 0.5) is 13.9 Å². The molecule has 0 saturated heterocycles. The highest BCUT2D eigenvalue weighted by molar-refractivity contribution is 7.19. The van der Waals surface area contributed by atoms with E-state index in [9.17, 15) is 13.6 Å². The normalized spacial score (nSPS) is 13.4. The zero-order valence-electron chi connectivity index (χ0n) is 19.1. The van der Waals surface area contributed by atoms with E-state index in [-0.39, 0.29) is 17.5 Å². The number of rotatable bonds is 8. The molecular weight excluding hydrogens is 454 g/mol. The number of thiazole rings is 1. The lowest BCUT2D eigenvalue weighted by Gasteiger charge is -2.22. The Hall–Kier alpha value is -3.26. The van der Waals surface area contributed by atoms with Gasteiger partial charge in [0, 0.05) is 38.8 Å². The van der Waals surface area contributed by atoms with Gasteiger partial charge in [-0.3, -0.25) is 4.79 Å². The summed E-state index contributed by atoms with van der Waals surface area (Å²) in [6, 6.07) is 11.3. The Balaban J connectivity index is 1.45. The molecule has 0 spiro atoms. The number of fused-ring (bicyclic) bond motifs is 1. The van der Waals surface area contributed by atoms with E-state index in [0.29, 0.717) is 52.2 Å². The number of hydrogen-bond acceptors (Lipinski definition) is 4. The molecule has 0 unspecified atom stereocenters. The largest absolute Gasteiger partial charge is 0.359 e. The van der Waals surface area contributed by atoms with E-state index >= 15 is 0 Å². The van der Waals surface area contributed by atoms with E-state index in [4.69, 9.17) is 0 Å². The van der Waals surface area contributed by atoms with Crippen LogP contribution >= 0.6 is 11.3 Å². The molecular formula is C26H26F2N4OS. The molecule has 1 aliphatic carbocycles. The molecule has 2 aromatic carbocycles. The highest BCUT2D eigenvalue weighted by atomic mass is 32.1. The number of benzene rings is 2. The lowest BCUT2D eigenvalue weighted by molar-refractivity contribution is 0.0745. The molecule has 5 nitrogen and oxygen atoms in total. The van der Waals surface area contributed by atoms with Gasteiger partial charge in [0.05, 0.1) is 10.4 Å². The average molecular weight is 481 g/mol. The minimum Gasteiger partial charge on any atom is -0.359 e. The molecule has 0 aliphatic heterocycles. The van der Waals surface area contributed by atoms with Gasteiger partial charge in [0.15, 0.2) is 5.13 Å². The van der Waals surface area contributed by atoms with Crippen LogP contribution in [-0.4, -0.2) is 48.0 Å². The molecule has 1 saturated carbocycles. The maximum absolute atomic E-state index is 14.1. The van der Waals surface area contributed by atoms with Crippen molar-refractivity contribution in [1.29, 1.82) is 0 Å². The summed E-state index contributed by atoms with van der Waals surface area (Å²) in [5.41, 5.74) is 2.46. The third-order valence-electron chi connectivity index (χ3n) is 6.15. The quantitative estimate of drug-likeness (QED) is 0.350. The third kappa shape index (κ3) is 4.55. The summed E-state index contributed by atoms with van der Waals surface area (Å²) < 4.78 is 28.1. The number of nitrogens with one attached hydrogen (secondary N) is 1. The maximum atomic E-state index is 14.1. The van der Waals surface area contributed by atoms with Crippen molar-refractivity contribution in [3.8, 4) is 10.4 Å². The van der Waals surface area contributed by atoms with Crippen LogP contribution in [0.25, 0.3) is 21.3 Å². The fourth-order valence-electron chi connectivity index (χ4n) is 4.15. The first-order valence-corrected chi connectivity index (χ1v) is 12.2. The first-order chi connectivity index (χ1) is 16.4. The van der Waals surface area contributed by atoms with Crippen molar-refractivity contribution in [3.63, 3.8) is 0 Å². The molecule has 0 radical (unpaired) electrons. The van der Waals surface area contributed by atoms with Gasteiger partial charge in [-0.05, 0) is 54.5 Å². The van der Waals surface area contributed by atoms with E-state index in [1.54, 1.807) is 18.2 Å². The summed E-state index contributed by atoms with van der Waals surface area (Å²) in [6.45, 7) is 1.16. The van der Waals surface area contributed by atoms with E-state index in [0.717, 1.165) is 23.8 Å². The van der Waals surface area contributed by atoms with Crippen molar-refractivity contribution in [2.75, 3.05) is 32.1 Å². The van der Waals surface area contributed by atoms with Gasteiger partial charge >= 0.3 is 0 Å². The predicted molar refractivity (Wildman–Crippen MR) is 132 cm³/mol. The number of aromatic amines is 1. The number of para-hydroxylation sites is 1. The fourth-order valence-corrected chi connectivity index (χ4v) is 5.12. The van der Waals surface area contributed by atoms with Crippen molar-refractivity contribution < 1.29 is 13.6 Å². The first kappa shape index (κ1) is 22.5. The summed E-state index contributed by atoms with van der Waals surface area (Å²) in [4.78, 5) is 25.8. The van der Waals surface area contributed by atoms with Gasteiger partial charge in [0.1, 0.15) is 17.3 Å². The van der Waals surface area contributed by atoms with Gasteiger partial charge in [-0.2, -0.15) is 0 Å². The molecule has 176 valence electrons. The van der Waals surface area contributed by atoms with Crippen LogP contribution < -0.4 is 4.90 Å². The van der Waals surface area contributed by atoms with Crippen molar-refractivity contribution in [2.45, 2.75) is 19.3 Å². The molecule has 0 bridgehead atoms. The van der Waals surface area contributed by atoms with Crippen molar-refractivity contribution in [2.24, 2.45) is 5.92 Å². The van der Waals surface area contributed by atoms with E-state index in [1.165, 1.54) is 29.5 Å². The van der Waals surface area contributed by atoms with Gasteiger partial charge in [-0.15, -0.1) is 0 Å². The molecule has 0 atom stereocenters. The zero-order chi connectivity index (χ0) is 23.8. The number of carbonyl (C=O) groups is 1. The van der Waals surface area contributed by atoms with Crippen LogP contribution in [0.5, 0.6) is 0 Å². The molecule has 1 fully saturated rings. The zero-order valence-corrected chi connectivity index (χ0v) is 20.0. The average Bonchev–Trinajstić information content (AvgIpc) is 3.35. The summed E-state index contributed by atoms with van der Waals surface area (Å²) in [5.74, 6) is -0.291. The predicted octanol–water partition coefficient (Wildman–Crippen LogP) is 5.73. The number of halogens is 2. The Kier molecular flexibility index (Phi) is 6.08. The number of hydrogen-bond donors (Lipinski definition) is 1. The second-order valence-electron chi connectivity index (χ2n) is 9.00. The molecule has 4 aromatic rings. The Labute approximate surface area is 201 Å². The standard InChI is InChI=1S/C26H26F2N4OS/c1-31(2)26-30-23(24(34-26)17-5-3-6-19(27)13-17)25(33)32(15-16-9-10-16)12-11-18-14-29-22-20(18)7-4-8-21(22)28/h3-8,13-14,16,29H,9-12,15H2,1-2H3. The van der Waals surface area contributed by atoms with E-state index < -0.39 is 0 Å². The van der Waals surface area contributed by atoms with E-state index in [2.05, 4.69) is 9.97 Å². The first-order valence-electron chi connectivity index (χ1n) is 11.4. The van der Waals surface area contributed by atoms with Crippen molar-refractivity contribution in [1.82, 2.24) is 14.9 Å². The monoisotopic (exact) mass is 480 g/mol. The summed E-state index contributed by atoms with van der Waals surface area (Å²) >= 11 is 1.38. The fraction of sp³-hybridized carbons (Fsp3) is 0.308. The highest BCUT2D eigenvalue weighted by Gasteiger charge is 2.30. The van der Waals surface area contributed by atoms with Gasteiger partial charge in [0.2, 0.25) is 0 Å². The SMILES string of the molecule is CN(C)c1nc(C(=O)N(CCc2c[nH]c3c(F)cccc23)CC2CC2)c(-c2cccc(F)c2)s1. The van der Waals surface area contributed by atoms with Gasteiger partial charge < -0.3 is 14.8 Å². The number of nitrogens with zero attached hydrogens (tertiary/aromatic N) is 3. The number of aromatic nitrogens is 2. The minimum absolute atomic E-state index is 0.151. The van der Waals surface area contributed by atoms with Crippen LogP contribution in [0.2, 0.25) is 0 Å². The number of carbonyl (C=O) groups excluding carboxylic acids is 1. The third-order valence-corrected chi connectivity index (χ3v) is 7.42. The molecule has 8 heteroatoms. The molecule has 2 aromatic heterocycles. The van der Waals surface area contributed by atoms with Crippen molar-refractivity contribution >= 4 is 33.3 Å². The summed E-state index contributed by atoms with van der Waals surface area (Å²) in [5, 5.41) is 1.53. The second-order valence-corrected chi connectivity index (χ2v) is 9.98. The van der Waals surface area contributed by atoms with Gasteiger partial charge in [0.25, 0.3) is 5.91 Å². The molecule has 5 rings (SSSR count). The number of amides is 1. The van der Waals surface area contributed by atoms with E-state index in [1.807, 2.05) is 36.2 Å². The lowest BCUT2D eigenvalue weighted by atomic mass is 10.1. The van der Waals surface area contributed by atoms with Gasteiger partial charge in [-0.25, -0.2) is 13.8 Å². The maximum Gasteiger partial charge on any atom is 0.274 e. The molecule has 1 amide bonds. The summed E-state index contributed by atoms with van der Waals surface area (Å²) in [6.07, 6.45) is 4.64. The van der Waals surface area contributed by atoms with Gasteiger partial charge in [-0.1, -0.05) is 35.6 Å². The van der Waals surface area contributed by atoms with Crippen LogP contribution in [0.1, 0.15) is 28.9 Å². The topological polar surface area (TPSA) is 52.2 Å². The van der Waals surface area contributed by atoms with Crippen LogP contribution in [0, 0.1) is 17.6 Å². The molecule has 34 heavy (non-hydrogen) atoms. The second kappa shape index (κ2) is 9.18. The minimum atomic E-state index is -0.350. The molecule has 1 N–H and O–H groups in total. The highest BCUT2D eigenvalue weighted by Crippen LogP contribution is 2.36. The molecule has 1 aliphatic rings. The molecule has 2 heterocycles. The Bertz CT molecular complexity index is 1340. The van der Waals surface area contributed by atoms with Crippen molar-refractivity contribution in [3.05, 3.63) is 71.6 Å². The smallest absolute Gasteiger partial charge is 0.274 e. The Morgan fingerprint density at radius 1 is 1.18 bits per heavy atom. The summed E-state index contributed by atoms with van der Waals surface area (Å²) in [7, 11) is 3.75. The van der Waals surface area contributed by atoms with Crippen LogP contribution in [-0.2, 0) is 6.42 Å². The Morgan fingerprint density at radius 2 is 1.97 bits per heavy atom.